The molecule has 3 heteroatoms. The predicted molar refractivity (Wildman–Crippen MR) is 54.4 cm³/mol. The molecule has 0 spiro atoms. The average molecular weight is 181 g/mol. The van der Waals surface area contributed by atoms with Crippen LogP contribution in [0.25, 0.3) is 0 Å². The van der Waals surface area contributed by atoms with Crippen LogP contribution in [-0.2, 0) is 0 Å². The highest BCUT2D eigenvalue weighted by atomic mass is 15.0. The molecule has 0 saturated carbocycles. The van der Waals surface area contributed by atoms with Gasteiger partial charge in [-0.25, -0.2) is 4.98 Å². The molecule has 0 amide bonds. The van der Waals surface area contributed by atoms with Crippen molar-refractivity contribution in [3.63, 3.8) is 0 Å². The fraction of sp³-hybridized carbons (Fsp3) is 0.700. The molecule has 1 rings (SSSR count). The predicted octanol–water partition coefficient (Wildman–Crippen LogP) is 1.82. The standard InChI is InChI=1S/C10H19N3/c1-9(7-11)3-4-10(2)13-6-5-12-8-13/h5-6,8-10H,3-4,7,11H2,1-2H3. The summed E-state index contributed by atoms with van der Waals surface area (Å²) in [6, 6.07) is 0.538. The summed E-state index contributed by atoms with van der Waals surface area (Å²) in [6.45, 7) is 5.20. The second-order valence-corrected chi connectivity index (χ2v) is 3.78. The lowest BCUT2D eigenvalue weighted by Gasteiger charge is -2.15. The van der Waals surface area contributed by atoms with Crippen LogP contribution in [0.2, 0.25) is 0 Å². The van der Waals surface area contributed by atoms with E-state index in [1.165, 1.54) is 12.8 Å². The van der Waals surface area contributed by atoms with E-state index in [1.807, 2.05) is 18.7 Å². The van der Waals surface area contributed by atoms with Gasteiger partial charge in [-0.3, -0.25) is 0 Å². The Balaban J connectivity index is 2.30. The molecule has 0 saturated heterocycles. The van der Waals surface area contributed by atoms with Gasteiger partial charge in [0.25, 0.3) is 0 Å². The molecule has 1 aromatic heterocycles. The first kappa shape index (κ1) is 10.3. The molecule has 3 nitrogen and oxygen atoms in total. The Morgan fingerprint density at radius 3 is 2.69 bits per heavy atom. The Morgan fingerprint density at radius 1 is 1.38 bits per heavy atom. The smallest absolute Gasteiger partial charge is 0.0948 e. The van der Waals surface area contributed by atoms with Crippen LogP contribution >= 0.6 is 0 Å². The van der Waals surface area contributed by atoms with Crippen LogP contribution in [0.15, 0.2) is 18.7 Å². The highest BCUT2D eigenvalue weighted by molar-refractivity contribution is 4.78. The van der Waals surface area contributed by atoms with Gasteiger partial charge in [0.1, 0.15) is 0 Å². The summed E-state index contributed by atoms with van der Waals surface area (Å²) >= 11 is 0. The van der Waals surface area contributed by atoms with E-state index in [0.29, 0.717) is 12.0 Å². The number of aromatic nitrogens is 2. The second-order valence-electron chi connectivity index (χ2n) is 3.78. The monoisotopic (exact) mass is 181 g/mol. The van der Waals surface area contributed by atoms with E-state index < -0.39 is 0 Å². The van der Waals surface area contributed by atoms with Crippen LogP contribution in [-0.4, -0.2) is 16.1 Å². The molecule has 2 atom stereocenters. The Morgan fingerprint density at radius 2 is 2.15 bits per heavy atom. The lowest BCUT2D eigenvalue weighted by atomic mass is 10.0. The molecule has 0 aliphatic carbocycles. The van der Waals surface area contributed by atoms with Crippen LogP contribution in [0.3, 0.4) is 0 Å². The highest BCUT2D eigenvalue weighted by Gasteiger charge is 2.05. The first-order valence-corrected chi connectivity index (χ1v) is 4.91. The maximum absolute atomic E-state index is 5.56. The van der Waals surface area contributed by atoms with Gasteiger partial charge in [0.05, 0.1) is 6.33 Å². The molecule has 0 fully saturated rings. The zero-order valence-corrected chi connectivity index (χ0v) is 8.48. The summed E-state index contributed by atoms with van der Waals surface area (Å²) in [4.78, 5) is 4.03. The van der Waals surface area contributed by atoms with Gasteiger partial charge < -0.3 is 10.3 Å². The molecule has 0 bridgehead atoms. The van der Waals surface area contributed by atoms with Gasteiger partial charge >= 0.3 is 0 Å². The van der Waals surface area contributed by atoms with Gasteiger partial charge in [-0.1, -0.05) is 6.92 Å². The fourth-order valence-corrected chi connectivity index (χ4v) is 1.32. The van der Waals surface area contributed by atoms with Crippen molar-refractivity contribution in [2.75, 3.05) is 6.54 Å². The summed E-state index contributed by atoms with van der Waals surface area (Å²) in [6.07, 6.45) is 8.07. The number of hydrogen-bond acceptors (Lipinski definition) is 2. The summed E-state index contributed by atoms with van der Waals surface area (Å²) < 4.78 is 2.14. The third-order valence-corrected chi connectivity index (χ3v) is 2.51. The Bertz CT molecular complexity index is 218. The fourth-order valence-electron chi connectivity index (χ4n) is 1.32. The van der Waals surface area contributed by atoms with Crippen LogP contribution in [0.1, 0.15) is 32.7 Å². The van der Waals surface area contributed by atoms with E-state index in [4.69, 9.17) is 5.73 Å². The highest BCUT2D eigenvalue weighted by Crippen LogP contribution is 2.15. The molecule has 1 aromatic rings. The van der Waals surface area contributed by atoms with Gasteiger partial charge in [-0.15, -0.1) is 0 Å². The zero-order chi connectivity index (χ0) is 9.68. The molecule has 1 heterocycles. The molecule has 0 aliphatic rings. The van der Waals surface area contributed by atoms with E-state index in [-0.39, 0.29) is 0 Å². The maximum atomic E-state index is 5.56. The zero-order valence-electron chi connectivity index (χ0n) is 8.48. The van der Waals surface area contributed by atoms with Gasteiger partial charge in [0.15, 0.2) is 0 Å². The third-order valence-electron chi connectivity index (χ3n) is 2.51. The van der Waals surface area contributed by atoms with Crippen LogP contribution in [0, 0.1) is 5.92 Å². The van der Waals surface area contributed by atoms with Crippen molar-refractivity contribution >= 4 is 0 Å². The molecule has 2 N–H and O–H groups in total. The Labute approximate surface area is 80.0 Å². The molecule has 0 aromatic carbocycles. The van der Waals surface area contributed by atoms with Crippen LogP contribution in [0.4, 0.5) is 0 Å². The normalized spacial score (nSPS) is 15.6. The number of nitrogens with zero attached hydrogens (tertiary/aromatic N) is 2. The lowest BCUT2D eigenvalue weighted by molar-refractivity contribution is 0.427. The van der Waals surface area contributed by atoms with Gasteiger partial charge in [0, 0.05) is 18.4 Å². The maximum Gasteiger partial charge on any atom is 0.0948 e. The molecular formula is C10H19N3. The van der Waals surface area contributed by atoms with Crippen molar-refractivity contribution < 1.29 is 0 Å². The van der Waals surface area contributed by atoms with Crippen molar-refractivity contribution in [3.8, 4) is 0 Å². The van der Waals surface area contributed by atoms with Crippen molar-refractivity contribution in [3.05, 3.63) is 18.7 Å². The number of hydrogen-bond donors (Lipinski definition) is 1. The van der Waals surface area contributed by atoms with E-state index in [1.54, 1.807) is 0 Å². The van der Waals surface area contributed by atoms with E-state index >= 15 is 0 Å². The van der Waals surface area contributed by atoms with E-state index in [2.05, 4.69) is 23.4 Å². The number of nitrogens with two attached hydrogens (primary N) is 1. The minimum atomic E-state index is 0.538. The summed E-state index contributed by atoms with van der Waals surface area (Å²) in [5, 5.41) is 0. The van der Waals surface area contributed by atoms with Crippen molar-refractivity contribution in [2.45, 2.75) is 32.7 Å². The Hall–Kier alpha value is -0.830. The topological polar surface area (TPSA) is 43.8 Å². The molecule has 13 heavy (non-hydrogen) atoms. The minimum absolute atomic E-state index is 0.538. The van der Waals surface area contributed by atoms with Crippen molar-refractivity contribution in [1.82, 2.24) is 9.55 Å². The average Bonchev–Trinajstić information content (AvgIpc) is 2.66. The van der Waals surface area contributed by atoms with Crippen molar-refractivity contribution in [2.24, 2.45) is 11.7 Å². The molecule has 0 aliphatic heterocycles. The molecule has 0 radical (unpaired) electrons. The second kappa shape index (κ2) is 5.02. The first-order valence-electron chi connectivity index (χ1n) is 4.91. The van der Waals surface area contributed by atoms with Crippen LogP contribution < -0.4 is 5.73 Å². The Kier molecular flexibility index (Phi) is 3.96. The first-order chi connectivity index (χ1) is 6.24. The van der Waals surface area contributed by atoms with Crippen molar-refractivity contribution in [1.29, 1.82) is 0 Å². The third kappa shape index (κ3) is 3.19. The molecular weight excluding hydrogens is 162 g/mol. The van der Waals surface area contributed by atoms with E-state index in [0.717, 1.165) is 6.54 Å². The van der Waals surface area contributed by atoms with Crippen LogP contribution in [0.5, 0.6) is 0 Å². The summed E-state index contributed by atoms with van der Waals surface area (Å²) in [7, 11) is 0. The van der Waals surface area contributed by atoms with E-state index in [9.17, 15) is 0 Å². The molecule has 74 valence electrons. The summed E-state index contributed by atoms with van der Waals surface area (Å²) in [5.74, 6) is 0.631. The summed E-state index contributed by atoms with van der Waals surface area (Å²) in [5.41, 5.74) is 5.56. The van der Waals surface area contributed by atoms with Gasteiger partial charge in [0.2, 0.25) is 0 Å². The largest absolute Gasteiger partial charge is 0.335 e. The number of imidazole rings is 1. The molecule has 2 unspecified atom stereocenters. The minimum Gasteiger partial charge on any atom is -0.335 e. The number of rotatable bonds is 5. The van der Waals surface area contributed by atoms with Gasteiger partial charge in [-0.05, 0) is 32.2 Å². The quantitative estimate of drug-likeness (QED) is 0.753. The SMILES string of the molecule is CC(CN)CCC(C)n1ccnc1. The lowest BCUT2D eigenvalue weighted by Crippen LogP contribution is -2.12. The van der Waals surface area contributed by atoms with Gasteiger partial charge in [-0.2, -0.15) is 0 Å².